The number of rotatable bonds is 1. The molecule has 0 aliphatic heterocycles. The zero-order valence-corrected chi connectivity index (χ0v) is 14.6. The minimum atomic E-state index is 0.0402. The number of allylic oxidation sites excluding steroid dienone is 1. The van der Waals surface area contributed by atoms with Crippen molar-refractivity contribution < 1.29 is 0 Å². The third-order valence-electron chi connectivity index (χ3n) is 6.60. The molecule has 5 rings (SSSR count). The summed E-state index contributed by atoms with van der Waals surface area (Å²) in [5.41, 5.74) is 6.21. The Labute approximate surface area is 142 Å². The monoisotopic (exact) mass is 320 g/mol. The van der Waals surface area contributed by atoms with Crippen molar-refractivity contribution in [1.82, 2.24) is 9.78 Å². The van der Waals surface area contributed by atoms with E-state index in [1.807, 2.05) is 4.68 Å². The molecular formula is C21H24N2O. The van der Waals surface area contributed by atoms with Crippen molar-refractivity contribution in [3.05, 3.63) is 57.0 Å². The Morgan fingerprint density at radius 1 is 1.25 bits per heavy atom. The van der Waals surface area contributed by atoms with Crippen molar-refractivity contribution in [1.29, 1.82) is 0 Å². The molecule has 0 saturated heterocycles. The Morgan fingerprint density at radius 3 is 2.88 bits per heavy atom. The molecule has 3 aliphatic rings. The predicted molar refractivity (Wildman–Crippen MR) is 97.0 cm³/mol. The first-order valence-electron chi connectivity index (χ1n) is 9.07. The first-order valence-corrected chi connectivity index (χ1v) is 9.07. The van der Waals surface area contributed by atoms with Gasteiger partial charge >= 0.3 is 0 Å². The molecule has 3 aliphatic carbocycles. The molecule has 2 bridgehead atoms. The molecule has 24 heavy (non-hydrogen) atoms. The van der Waals surface area contributed by atoms with Crippen LogP contribution in [0.1, 0.15) is 74.8 Å². The zero-order chi connectivity index (χ0) is 16.7. The summed E-state index contributed by atoms with van der Waals surface area (Å²) < 4.78 is 1.83. The van der Waals surface area contributed by atoms with Gasteiger partial charge in [-0.3, -0.25) is 9.89 Å². The summed E-state index contributed by atoms with van der Waals surface area (Å²) in [5.74, 6) is 0.461. The second-order valence-electron chi connectivity index (χ2n) is 8.77. The molecule has 0 unspecified atom stereocenters. The molecular weight excluding hydrogens is 296 g/mol. The number of aromatic amines is 1. The molecule has 1 heterocycles. The van der Waals surface area contributed by atoms with E-state index in [0.29, 0.717) is 5.92 Å². The molecule has 0 radical (unpaired) electrons. The van der Waals surface area contributed by atoms with Gasteiger partial charge < -0.3 is 0 Å². The van der Waals surface area contributed by atoms with Crippen LogP contribution in [0.4, 0.5) is 0 Å². The summed E-state index contributed by atoms with van der Waals surface area (Å²) in [6.07, 6.45) is 8.95. The van der Waals surface area contributed by atoms with E-state index in [4.69, 9.17) is 0 Å². The molecule has 1 N–H and O–H groups in total. The summed E-state index contributed by atoms with van der Waals surface area (Å²) in [4.78, 5) is 13.2. The van der Waals surface area contributed by atoms with E-state index < -0.39 is 0 Å². The fourth-order valence-electron chi connectivity index (χ4n) is 5.38. The van der Waals surface area contributed by atoms with Gasteiger partial charge in [-0.15, -0.1) is 0 Å². The maximum absolute atomic E-state index is 13.2. The van der Waals surface area contributed by atoms with Crippen molar-refractivity contribution in [3.8, 4) is 5.69 Å². The van der Waals surface area contributed by atoms with Gasteiger partial charge in [0.25, 0.3) is 5.56 Å². The van der Waals surface area contributed by atoms with E-state index in [9.17, 15) is 4.79 Å². The quantitative estimate of drug-likeness (QED) is 0.831. The van der Waals surface area contributed by atoms with Gasteiger partial charge in [-0.25, -0.2) is 4.68 Å². The molecule has 2 aromatic rings. The second kappa shape index (κ2) is 4.33. The highest BCUT2D eigenvalue weighted by Crippen LogP contribution is 2.55. The standard InChI is InChI=1S/C21H24N2O/c1-20(2)10-5-7-13-6-4-8-15(17(13)20)23-19(24)16-14-9-11-21(3,12-14)18(16)22-23/h4-8,14,22H,9-12H2,1-3H3/t14-,21+/m0/s1. The van der Waals surface area contributed by atoms with Gasteiger partial charge in [0, 0.05) is 16.7 Å². The van der Waals surface area contributed by atoms with Crippen LogP contribution < -0.4 is 5.56 Å². The Kier molecular flexibility index (Phi) is 2.58. The van der Waals surface area contributed by atoms with E-state index in [2.05, 4.69) is 56.2 Å². The lowest BCUT2D eigenvalue weighted by atomic mass is 9.75. The van der Waals surface area contributed by atoms with Gasteiger partial charge in [0.15, 0.2) is 0 Å². The van der Waals surface area contributed by atoms with Crippen LogP contribution in [0.2, 0.25) is 0 Å². The number of nitrogens with one attached hydrogen (secondary N) is 1. The number of nitrogens with zero attached hydrogens (tertiary/aromatic N) is 1. The number of aromatic nitrogens is 2. The van der Waals surface area contributed by atoms with E-state index in [1.54, 1.807) is 0 Å². The zero-order valence-electron chi connectivity index (χ0n) is 14.6. The number of hydrogen-bond donors (Lipinski definition) is 1. The molecule has 0 spiro atoms. The fraction of sp³-hybridized carbons (Fsp3) is 0.476. The average molecular weight is 320 g/mol. The third-order valence-corrected chi connectivity index (χ3v) is 6.60. The first kappa shape index (κ1) is 14.3. The van der Waals surface area contributed by atoms with E-state index in [1.165, 1.54) is 23.2 Å². The summed E-state index contributed by atoms with van der Waals surface area (Å²) in [7, 11) is 0. The average Bonchev–Trinajstić information content (AvgIpc) is 3.16. The molecule has 1 saturated carbocycles. The maximum atomic E-state index is 13.2. The van der Waals surface area contributed by atoms with Crippen LogP contribution >= 0.6 is 0 Å². The van der Waals surface area contributed by atoms with Crippen LogP contribution in [-0.4, -0.2) is 9.78 Å². The Balaban J connectivity index is 1.78. The molecule has 124 valence electrons. The van der Waals surface area contributed by atoms with Crippen LogP contribution in [0.3, 0.4) is 0 Å². The van der Waals surface area contributed by atoms with E-state index in [0.717, 1.165) is 30.5 Å². The minimum Gasteiger partial charge on any atom is -0.294 e. The molecule has 1 fully saturated rings. The van der Waals surface area contributed by atoms with Crippen molar-refractivity contribution in [2.75, 3.05) is 0 Å². The van der Waals surface area contributed by atoms with Gasteiger partial charge in [-0.1, -0.05) is 45.1 Å². The Morgan fingerprint density at radius 2 is 2.08 bits per heavy atom. The topological polar surface area (TPSA) is 37.8 Å². The van der Waals surface area contributed by atoms with Crippen LogP contribution in [0.25, 0.3) is 11.8 Å². The van der Waals surface area contributed by atoms with Crippen LogP contribution in [-0.2, 0) is 10.8 Å². The van der Waals surface area contributed by atoms with E-state index in [-0.39, 0.29) is 16.4 Å². The lowest BCUT2D eigenvalue weighted by Gasteiger charge is -2.31. The first-order chi connectivity index (χ1) is 11.4. The molecule has 1 aromatic carbocycles. The van der Waals surface area contributed by atoms with E-state index >= 15 is 0 Å². The molecule has 3 heteroatoms. The van der Waals surface area contributed by atoms with Gasteiger partial charge in [-0.2, -0.15) is 0 Å². The maximum Gasteiger partial charge on any atom is 0.274 e. The third kappa shape index (κ3) is 1.65. The number of hydrogen-bond acceptors (Lipinski definition) is 1. The van der Waals surface area contributed by atoms with Crippen LogP contribution in [0, 0.1) is 0 Å². The SMILES string of the molecule is CC1(C)CC=Cc2cccc(-n3[nH]c4c(c3=O)[C@H]3CC[C@]4(C)C3)c21. The van der Waals surface area contributed by atoms with Gasteiger partial charge in [0.2, 0.25) is 0 Å². The van der Waals surface area contributed by atoms with Gasteiger partial charge in [0.1, 0.15) is 0 Å². The number of H-pyrrole nitrogens is 1. The van der Waals surface area contributed by atoms with Gasteiger partial charge in [0.05, 0.1) is 5.69 Å². The number of fused-ring (bicyclic) bond motifs is 6. The summed E-state index contributed by atoms with van der Waals surface area (Å²) in [5, 5.41) is 3.52. The van der Waals surface area contributed by atoms with Crippen LogP contribution in [0.15, 0.2) is 29.1 Å². The molecule has 1 aromatic heterocycles. The van der Waals surface area contributed by atoms with Crippen molar-refractivity contribution in [2.24, 2.45) is 0 Å². The number of benzene rings is 1. The smallest absolute Gasteiger partial charge is 0.274 e. The Hall–Kier alpha value is -2.03. The second-order valence-corrected chi connectivity index (χ2v) is 8.77. The minimum absolute atomic E-state index is 0.0402. The summed E-state index contributed by atoms with van der Waals surface area (Å²) in [6.45, 7) is 6.85. The normalized spacial score (nSPS) is 28.9. The largest absolute Gasteiger partial charge is 0.294 e. The lowest BCUT2D eigenvalue weighted by Crippen LogP contribution is -2.26. The fourth-order valence-corrected chi connectivity index (χ4v) is 5.38. The van der Waals surface area contributed by atoms with Crippen LogP contribution in [0.5, 0.6) is 0 Å². The highest BCUT2D eigenvalue weighted by molar-refractivity contribution is 5.65. The van der Waals surface area contributed by atoms with Crippen molar-refractivity contribution >= 4 is 6.08 Å². The molecule has 3 nitrogen and oxygen atoms in total. The molecule has 2 atom stereocenters. The Bertz CT molecular complexity index is 943. The predicted octanol–water partition coefficient (Wildman–Crippen LogP) is 4.40. The summed E-state index contributed by atoms with van der Waals surface area (Å²) in [6, 6.07) is 6.31. The van der Waals surface area contributed by atoms with Gasteiger partial charge in [-0.05, 0) is 54.2 Å². The summed E-state index contributed by atoms with van der Waals surface area (Å²) >= 11 is 0. The molecule has 0 amide bonds. The van der Waals surface area contributed by atoms with Crippen molar-refractivity contribution in [2.45, 2.75) is 63.2 Å². The highest BCUT2D eigenvalue weighted by atomic mass is 16.1. The highest BCUT2D eigenvalue weighted by Gasteiger charge is 2.49. The lowest BCUT2D eigenvalue weighted by molar-refractivity contribution is 0.481. The van der Waals surface area contributed by atoms with Crippen molar-refractivity contribution in [3.63, 3.8) is 0 Å².